The molecule has 0 saturated carbocycles. The summed E-state index contributed by atoms with van der Waals surface area (Å²) >= 11 is 12.5. The van der Waals surface area contributed by atoms with Crippen molar-refractivity contribution in [2.45, 2.75) is 12.8 Å². The third-order valence-corrected chi connectivity index (χ3v) is 6.52. The van der Waals surface area contributed by atoms with Crippen LogP contribution in [-0.4, -0.2) is 20.9 Å². The molecule has 1 unspecified atom stereocenters. The van der Waals surface area contributed by atoms with Crippen molar-refractivity contribution in [2.75, 3.05) is 0 Å². The number of hydrogen-bond donors (Lipinski definition) is 2. The summed E-state index contributed by atoms with van der Waals surface area (Å²) in [6.45, 7) is 1.76. The van der Waals surface area contributed by atoms with Crippen molar-refractivity contribution >= 4 is 29.2 Å². The Balaban J connectivity index is 1.67. The maximum Gasteiger partial charge on any atom is 0.335 e. The van der Waals surface area contributed by atoms with Gasteiger partial charge >= 0.3 is 5.97 Å². The van der Waals surface area contributed by atoms with Crippen molar-refractivity contribution in [3.05, 3.63) is 98.7 Å². The van der Waals surface area contributed by atoms with Crippen LogP contribution >= 0.6 is 23.2 Å². The van der Waals surface area contributed by atoms with E-state index in [9.17, 15) is 15.2 Å². The summed E-state index contributed by atoms with van der Waals surface area (Å²) in [5.74, 6) is -0.702. The van der Waals surface area contributed by atoms with Gasteiger partial charge in [0.05, 0.1) is 38.5 Å². The van der Waals surface area contributed by atoms with Crippen LogP contribution in [0.5, 0.6) is 5.88 Å². The highest BCUT2D eigenvalue weighted by Gasteiger charge is 2.38. The van der Waals surface area contributed by atoms with Crippen LogP contribution in [0.15, 0.2) is 70.5 Å². The highest BCUT2D eigenvalue weighted by Crippen LogP contribution is 2.46. The Labute approximate surface area is 209 Å². The molecule has 174 valence electrons. The molecule has 1 atom stereocenters. The van der Waals surface area contributed by atoms with Crippen molar-refractivity contribution in [2.24, 2.45) is 5.73 Å². The number of aromatic carboxylic acids is 1. The number of nitrogens with zero attached hydrogens (tertiary/aromatic N) is 3. The first kappa shape index (κ1) is 22.6. The first-order valence-electron chi connectivity index (χ1n) is 10.3. The van der Waals surface area contributed by atoms with Gasteiger partial charge in [-0.05, 0) is 49.4 Å². The van der Waals surface area contributed by atoms with E-state index in [2.05, 4.69) is 11.2 Å². The molecular formula is C25H16Cl2N4O4. The molecule has 1 aliphatic rings. The number of carboxylic acid groups (broad SMARTS) is 1. The number of halogens is 2. The van der Waals surface area contributed by atoms with Crippen LogP contribution in [0.2, 0.25) is 10.0 Å². The normalized spacial score (nSPS) is 14.9. The van der Waals surface area contributed by atoms with Crippen LogP contribution in [0.1, 0.15) is 33.3 Å². The molecule has 2 aromatic carbocycles. The summed E-state index contributed by atoms with van der Waals surface area (Å²) in [6, 6.07) is 17.1. The van der Waals surface area contributed by atoms with Crippen LogP contribution in [0.3, 0.4) is 0 Å². The van der Waals surface area contributed by atoms with Gasteiger partial charge in [-0.2, -0.15) is 10.4 Å². The molecule has 3 heterocycles. The third-order valence-electron chi connectivity index (χ3n) is 5.70. The summed E-state index contributed by atoms with van der Waals surface area (Å²) in [6.07, 6.45) is 0. The van der Waals surface area contributed by atoms with Gasteiger partial charge in [0.2, 0.25) is 11.8 Å². The van der Waals surface area contributed by atoms with Gasteiger partial charge in [-0.1, -0.05) is 35.3 Å². The third kappa shape index (κ3) is 3.71. The first-order chi connectivity index (χ1) is 16.8. The van der Waals surface area contributed by atoms with Gasteiger partial charge in [0.15, 0.2) is 0 Å². The van der Waals surface area contributed by atoms with Crippen LogP contribution in [0.25, 0.3) is 17.0 Å². The van der Waals surface area contributed by atoms with Gasteiger partial charge in [0, 0.05) is 5.56 Å². The minimum atomic E-state index is -1.07. The molecule has 0 radical (unpaired) electrons. The highest BCUT2D eigenvalue weighted by atomic mass is 35.5. The molecule has 5 rings (SSSR count). The van der Waals surface area contributed by atoms with Crippen LogP contribution in [0.4, 0.5) is 0 Å². The largest absolute Gasteiger partial charge is 0.478 e. The Morgan fingerprint density at radius 3 is 2.71 bits per heavy atom. The number of carbonyl (C=O) groups is 1. The molecule has 0 bridgehead atoms. The zero-order chi connectivity index (χ0) is 24.9. The second-order valence-electron chi connectivity index (χ2n) is 7.80. The molecule has 0 amide bonds. The lowest BCUT2D eigenvalue weighted by Gasteiger charge is -2.23. The zero-order valence-electron chi connectivity index (χ0n) is 18.1. The molecule has 4 aromatic rings. The molecule has 1 aliphatic heterocycles. The maximum absolute atomic E-state index is 11.5. The van der Waals surface area contributed by atoms with E-state index in [0.717, 1.165) is 0 Å². The average molecular weight is 507 g/mol. The van der Waals surface area contributed by atoms with Gasteiger partial charge in [0.25, 0.3) is 0 Å². The van der Waals surface area contributed by atoms with Crippen molar-refractivity contribution in [1.82, 2.24) is 9.78 Å². The van der Waals surface area contributed by atoms with Crippen molar-refractivity contribution < 1.29 is 19.1 Å². The number of furan rings is 1. The molecule has 8 nitrogen and oxygen atoms in total. The second kappa shape index (κ2) is 8.55. The van der Waals surface area contributed by atoms with E-state index >= 15 is 0 Å². The lowest BCUT2D eigenvalue weighted by Crippen LogP contribution is -2.21. The molecule has 0 fully saturated rings. The van der Waals surface area contributed by atoms with Crippen LogP contribution in [-0.2, 0) is 0 Å². The Kier molecular flexibility index (Phi) is 5.52. The number of benzene rings is 2. The molecule has 0 spiro atoms. The fourth-order valence-electron chi connectivity index (χ4n) is 4.09. The van der Waals surface area contributed by atoms with E-state index in [0.29, 0.717) is 44.1 Å². The Bertz CT molecular complexity index is 1580. The number of hydrogen-bond acceptors (Lipinski definition) is 6. The molecule has 35 heavy (non-hydrogen) atoms. The van der Waals surface area contributed by atoms with Crippen LogP contribution in [0, 0.1) is 18.3 Å². The Morgan fingerprint density at radius 2 is 1.97 bits per heavy atom. The quantitative estimate of drug-likeness (QED) is 0.365. The first-order valence-corrected chi connectivity index (χ1v) is 11.1. The number of ether oxygens (including phenoxy) is 1. The minimum absolute atomic E-state index is 0.0899. The number of rotatable bonds is 4. The number of aryl methyl sites for hydroxylation is 1. The molecular weight excluding hydrogens is 491 g/mol. The van der Waals surface area contributed by atoms with Gasteiger partial charge in [-0.25, -0.2) is 9.48 Å². The molecule has 0 saturated heterocycles. The topological polar surface area (TPSA) is 127 Å². The maximum atomic E-state index is 11.5. The monoisotopic (exact) mass is 506 g/mol. The van der Waals surface area contributed by atoms with Crippen molar-refractivity contribution in [1.29, 1.82) is 5.26 Å². The van der Waals surface area contributed by atoms with Crippen LogP contribution < -0.4 is 10.5 Å². The fourth-order valence-corrected chi connectivity index (χ4v) is 4.48. The zero-order valence-corrected chi connectivity index (χ0v) is 19.6. The van der Waals surface area contributed by atoms with Crippen molar-refractivity contribution in [3.8, 4) is 29.0 Å². The predicted octanol–water partition coefficient (Wildman–Crippen LogP) is 5.66. The minimum Gasteiger partial charge on any atom is -0.478 e. The summed E-state index contributed by atoms with van der Waals surface area (Å²) in [4.78, 5) is 11.5. The lowest BCUT2D eigenvalue weighted by molar-refractivity contribution is 0.0697. The number of nitriles is 1. The molecule has 10 heteroatoms. The Hall–Kier alpha value is -4.19. The SMILES string of the molecule is Cc1nn(-c2cccc(C(=O)O)c2)c2c1C(c1ccc(-c3cccc(Cl)c3Cl)o1)C(C#N)=C(N)O2. The van der Waals surface area contributed by atoms with Crippen molar-refractivity contribution in [3.63, 3.8) is 0 Å². The smallest absolute Gasteiger partial charge is 0.335 e. The van der Waals surface area contributed by atoms with Gasteiger partial charge in [-0.3, -0.25) is 0 Å². The van der Waals surface area contributed by atoms with Gasteiger partial charge in [-0.15, -0.1) is 0 Å². The summed E-state index contributed by atoms with van der Waals surface area (Å²) in [7, 11) is 0. The standard InChI is InChI=1S/C25H16Cl2N4O4/c1-12-20-21(19-9-8-18(34-19)15-6-3-7-17(26)22(15)27)16(11-28)23(29)35-24(20)31(30-12)14-5-2-4-13(10-14)25(32)33/h2-10,21H,29H2,1H3,(H,32,33). The second-order valence-corrected chi connectivity index (χ2v) is 8.58. The fraction of sp³-hybridized carbons (Fsp3) is 0.0800. The highest BCUT2D eigenvalue weighted by molar-refractivity contribution is 6.43. The number of allylic oxidation sites excluding steroid dienone is 1. The predicted molar refractivity (Wildman–Crippen MR) is 129 cm³/mol. The number of carboxylic acids is 1. The average Bonchev–Trinajstić information content (AvgIpc) is 3.45. The number of fused-ring (bicyclic) bond motifs is 1. The lowest BCUT2D eigenvalue weighted by atomic mass is 9.88. The van der Waals surface area contributed by atoms with E-state index in [1.165, 1.54) is 16.8 Å². The number of aromatic nitrogens is 2. The Morgan fingerprint density at radius 1 is 1.20 bits per heavy atom. The van der Waals surface area contributed by atoms with E-state index in [1.54, 1.807) is 49.4 Å². The summed E-state index contributed by atoms with van der Waals surface area (Å²) in [5.41, 5.74) is 8.61. The summed E-state index contributed by atoms with van der Waals surface area (Å²) in [5, 5.41) is 24.6. The molecule has 3 N–H and O–H groups in total. The van der Waals surface area contributed by atoms with E-state index < -0.39 is 11.9 Å². The van der Waals surface area contributed by atoms with E-state index in [4.69, 9.17) is 38.1 Å². The van der Waals surface area contributed by atoms with Gasteiger partial charge in [0.1, 0.15) is 23.2 Å². The molecule has 0 aliphatic carbocycles. The number of nitrogens with two attached hydrogens (primary N) is 1. The van der Waals surface area contributed by atoms with E-state index in [1.807, 2.05) is 0 Å². The molecule has 2 aromatic heterocycles. The van der Waals surface area contributed by atoms with E-state index in [-0.39, 0.29) is 22.9 Å². The van der Waals surface area contributed by atoms with Gasteiger partial charge < -0.3 is 20.0 Å². The summed E-state index contributed by atoms with van der Waals surface area (Å²) < 4.78 is 13.4.